The van der Waals surface area contributed by atoms with Gasteiger partial charge in [-0.25, -0.2) is 18.5 Å². The number of hydrogen-bond acceptors (Lipinski definition) is 5. The van der Waals surface area contributed by atoms with Crippen LogP contribution in [-0.4, -0.2) is 20.9 Å². The highest BCUT2D eigenvalue weighted by molar-refractivity contribution is 14.0. The van der Waals surface area contributed by atoms with Gasteiger partial charge in [0.25, 0.3) is 0 Å². The lowest BCUT2D eigenvalue weighted by Gasteiger charge is -2.12. The lowest BCUT2D eigenvalue weighted by molar-refractivity contribution is 0.506. The maximum Gasteiger partial charge on any atom is 0.238 e. The Morgan fingerprint density at radius 1 is 1.10 bits per heavy atom. The van der Waals surface area contributed by atoms with Crippen molar-refractivity contribution in [3.8, 4) is 0 Å². The predicted octanol–water partition coefficient (Wildman–Crippen LogP) is 3.65. The highest BCUT2D eigenvalue weighted by Gasteiger charge is 2.07. The minimum Gasteiger partial charge on any atom is -0.469 e. The Labute approximate surface area is 204 Å². The number of benzene rings is 1. The zero-order valence-corrected chi connectivity index (χ0v) is 21.2. The van der Waals surface area contributed by atoms with Crippen LogP contribution >= 0.6 is 35.3 Å². The van der Waals surface area contributed by atoms with Crippen molar-refractivity contribution in [2.75, 3.05) is 6.54 Å². The number of sulfonamides is 1. The number of nitrogens with zero attached hydrogens (tertiary/aromatic N) is 1. The molecule has 1 aromatic carbocycles. The number of hydrogen-bond donors (Lipinski definition) is 3. The van der Waals surface area contributed by atoms with Gasteiger partial charge in [0.2, 0.25) is 10.0 Å². The molecule has 168 valence electrons. The Balaban J connectivity index is 0.00000341. The molecule has 0 aliphatic rings. The summed E-state index contributed by atoms with van der Waals surface area (Å²) < 4.78 is 28.2. The van der Waals surface area contributed by atoms with Crippen molar-refractivity contribution in [3.63, 3.8) is 0 Å². The molecule has 0 fully saturated rings. The van der Waals surface area contributed by atoms with Gasteiger partial charge in [-0.2, -0.15) is 0 Å². The average Bonchev–Trinajstić information content (AvgIpc) is 3.41. The SMILES string of the molecule is CCc1ccc(CNC(=NCc2ccc(S(N)(=O)=O)cc2)NCCc2ccco2)s1.I. The number of halogens is 1. The van der Waals surface area contributed by atoms with Crippen molar-refractivity contribution in [2.45, 2.75) is 37.8 Å². The number of aryl methyl sites for hydroxylation is 1. The summed E-state index contributed by atoms with van der Waals surface area (Å²) in [5.41, 5.74) is 0.888. The first-order valence-electron chi connectivity index (χ1n) is 9.68. The molecule has 0 amide bonds. The average molecular weight is 575 g/mol. The lowest BCUT2D eigenvalue weighted by Crippen LogP contribution is -2.38. The Hall–Kier alpha value is -1.89. The topological polar surface area (TPSA) is 110 Å². The Kier molecular flexibility index (Phi) is 10.0. The van der Waals surface area contributed by atoms with Crippen LogP contribution in [0.25, 0.3) is 0 Å². The second kappa shape index (κ2) is 12.2. The van der Waals surface area contributed by atoms with Gasteiger partial charge in [-0.3, -0.25) is 0 Å². The van der Waals surface area contributed by atoms with E-state index in [1.165, 1.54) is 21.9 Å². The minimum atomic E-state index is -3.69. The van der Waals surface area contributed by atoms with Crippen LogP contribution in [0.1, 0.15) is 28.0 Å². The first-order valence-corrected chi connectivity index (χ1v) is 12.0. The van der Waals surface area contributed by atoms with E-state index in [0.717, 1.165) is 24.2 Å². The molecule has 0 unspecified atom stereocenters. The van der Waals surface area contributed by atoms with Crippen molar-refractivity contribution in [1.29, 1.82) is 0 Å². The molecule has 0 radical (unpaired) electrons. The maximum atomic E-state index is 11.4. The van der Waals surface area contributed by atoms with Crippen molar-refractivity contribution >= 4 is 51.3 Å². The third kappa shape index (κ3) is 8.28. The summed E-state index contributed by atoms with van der Waals surface area (Å²) in [4.78, 5) is 7.32. The molecule has 31 heavy (non-hydrogen) atoms. The minimum absolute atomic E-state index is 0. The van der Waals surface area contributed by atoms with Crippen LogP contribution < -0.4 is 15.8 Å². The van der Waals surface area contributed by atoms with E-state index in [-0.39, 0.29) is 28.9 Å². The molecule has 0 aliphatic heterocycles. The van der Waals surface area contributed by atoms with Crippen LogP contribution in [0.2, 0.25) is 0 Å². The Morgan fingerprint density at radius 2 is 1.84 bits per heavy atom. The third-order valence-corrected chi connectivity index (χ3v) is 6.57. The number of guanidine groups is 1. The number of thiophene rings is 1. The molecule has 0 saturated heterocycles. The Morgan fingerprint density at radius 3 is 2.45 bits per heavy atom. The molecule has 2 aromatic heterocycles. The summed E-state index contributed by atoms with van der Waals surface area (Å²) in [5.74, 6) is 1.59. The summed E-state index contributed by atoms with van der Waals surface area (Å²) in [6.45, 7) is 3.91. The normalized spacial score (nSPS) is 11.7. The van der Waals surface area contributed by atoms with Crippen LogP contribution in [0.4, 0.5) is 0 Å². The molecule has 0 atom stereocenters. The zero-order valence-electron chi connectivity index (χ0n) is 17.2. The van der Waals surface area contributed by atoms with Crippen LogP contribution in [-0.2, 0) is 36.0 Å². The second-order valence-corrected chi connectivity index (χ2v) is 9.50. The van der Waals surface area contributed by atoms with E-state index in [2.05, 4.69) is 34.7 Å². The summed E-state index contributed by atoms with van der Waals surface area (Å²) in [6, 6.07) is 14.5. The molecule has 0 aliphatic carbocycles. The second-order valence-electron chi connectivity index (χ2n) is 6.69. The number of nitrogens with two attached hydrogens (primary N) is 1. The van der Waals surface area contributed by atoms with Gasteiger partial charge < -0.3 is 15.1 Å². The van der Waals surface area contributed by atoms with Crippen molar-refractivity contribution < 1.29 is 12.8 Å². The van der Waals surface area contributed by atoms with Gasteiger partial charge in [-0.05, 0) is 48.4 Å². The zero-order chi connectivity index (χ0) is 21.4. The molecule has 7 nitrogen and oxygen atoms in total. The summed E-state index contributed by atoms with van der Waals surface area (Å²) in [6.07, 6.45) is 3.44. The van der Waals surface area contributed by atoms with E-state index in [1.54, 1.807) is 29.7 Å². The molecule has 0 spiro atoms. The van der Waals surface area contributed by atoms with E-state index in [4.69, 9.17) is 9.56 Å². The van der Waals surface area contributed by atoms with Gasteiger partial charge in [0.1, 0.15) is 5.76 Å². The van der Waals surface area contributed by atoms with E-state index in [9.17, 15) is 8.42 Å². The van der Waals surface area contributed by atoms with Gasteiger partial charge in [-0.15, -0.1) is 35.3 Å². The largest absolute Gasteiger partial charge is 0.469 e. The predicted molar refractivity (Wildman–Crippen MR) is 135 cm³/mol. The van der Waals surface area contributed by atoms with Gasteiger partial charge in [0, 0.05) is 22.7 Å². The van der Waals surface area contributed by atoms with E-state index in [0.29, 0.717) is 25.6 Å². The lowest BCUT2D eigenvalue weighted by atomic mass is 10.2. The van der Waals surface area contributed by atoms with Gasteiger partial charge in [0.05, 0.1) is 24.2 Å². The van der Waals surface area contributed by atoms with E-state index in [1.807, 2.05) is 12.1 Å². The van der Waals surface area contributed by atoms with Gasteiger partial charge in [-0.1, -0.05) is 19.1 Å². The molecule has 0 saturated carbocycles. The monoisotopic (exact) mass is 574 g/mol. The smallest absolute Gasteiger partial charge is 0.238 e. The molecule has 3 rings (SSSR count). The molecular formula is C21H27IN4O3S2. The van der Waals surface area contributed by atoms with Crippen molar-refractivity contribution in [1.82, 2.24) is 10.6 Å². The van der Waals surface area contributed by atoms with E-state index < -0.39 is 10.0 Å². The van der Waals surface area contributed by atoms with Crippen LogP contribution in [0.5, 0.6) is 0 Å². The summed E-state index contributed by atoms with van der Waals surface area (Å²) in [5, 5.41) is 11.8. The van der Waals surface area contributed by atoms with Crippen LogP contribution in [0.15, 0.2) is 69.1 Å². The highest BCUT2D eigenvalue weighted by atomic mass is 127. The number of primary sulfonamides is 1. The van der Waals surface area contributed by atoms with Gasteiger partial charge >= 0.3 is 0 Å². The highest BCUT2D eigenvalue weighted by Crippen LogP contribution is 2.16. The number of aliphatic imine (C=N–C) groups is 1. The molecule has 3 aromatic rings. The fourth-order valence-corrected chi connectivity index (χ4v) is 4.18. The maximum absolute atomic E-state index is 11.4. The quantitative estimate of drug-likeness (QED) is 0.206. The summed E-state index contributed by atoms with van der Waals surface area (Å²) in [7, 11) is -3.69. The van der Waals surface area contributed by atoms with E-state index >= 15 is 0 Å². The number of rotatable bonds is 9. The molecule has 2 heterocycles. The number of furan rings is 1. The third-order valence-electron chi connectivity index (χ3n) is 4.41. The first kappa shape index (κ1) is 25.4. The standard InChI is InChI=1S/C21H26N4O3S2.HI/c1-2-18-7-8-19(29-18)15-25-21(23-12-11-17-4-3-13-28-17)24-14-16-5-9-20(10-6-16)30(22,26)27;/h3-10,13H,2,11-12,14-15H2,1H3,(H2,22,26,27)(H2,23,24,25);1H. The van der Waals surface area contributed by atoms with Crippen LogP contribution in [0, 0.1) is 0 Å². The first-order chi connectivity index (χ1) is 14.4. The molecular weight excluding hydrogens is 547 g/mol. The fraction of sp³-hybridized carbons (Fsp3) is 0.286. The van der Waals surface area contributed by atoms with Crippen LogP contribution in [0.3, 0.4) is 0 Å². The molecule has 0 bridgehead atoms. The van der Waals surface area contributed by atoms with Crippen molar-refractivity contribution in [3.05, 3.63) is 75.9 Å². The van der Waals surface area contributed by atoms with Crippen molar-refractivity contribution in [2.24, 2.45) is 10.1 Å². The molecule has 4 N–H and O–H groups in total. The summed E-state index contributed by atoms with van der Waals surface area (Å²) >= 11 is 1.79. The number of nitrogens with one attached hydrogen (secondary N) is 2. The molecule has 10 heteroatoms. The van der Waals surface area contributed by atoms with Gasteiger partial charge in [0.15, 0.2) is 5.96 Å². The fourth-order valence-electron chi connectivity index (χ4n) is 2.77. The Bertz CT molecular complexity index is 1060.